The molecule has 19 heavy (non-hydrogen) atoms. The van der Waals surface area contributed by atoms with Gasteiger partial charge < -0.3 is 19.2 Å². The second-order valence-electron chi connectivity index (χ2n) is 3.81. The van der Waals surface area contributed by atoms with Crippen LogP contribution in [-0.2, 0) is 19.1 Å². The van der Waals surface area contributed by atoms with Crippen LogP contribution >= 0.6 is 0 Å². The summed E-state index contributed by atoms with van der Waals surface area (Å²) in [6, 6.07) is 0. The maximum absolute atomic E-state index is 11.7. The van der Waals surface area contributed by atoms with Gasteiger partial charge >= 0.3 is 12.1 Å². The smallest absolute Gasteiger partial charge is 0.378 e. The number of carbonyl (C=O) groups excluding carboxylic acids is 1. The predicted molar refractivity (Wildman–Crippen MR) is 60.3 cm³/mol. The van der Waals surface area contributed by atoms with Crippen molar-refractivity contribution in [2.45, 2.75) is 6.18 Å². The summed E-state index contributed by atoms with van der Waals surface area (Å²) in [6.07, 6.45) is -4.99. The standard InChI is InChI=1S/C10H19F3N2O4/c1-15(2)4-6-18-8-7-17-5-3-14-19-9(16)10(11,12)13/h14H,3-8H2,1-2H3. The number of hydrogen-bond acceptors (Lipinski definition) is 6. The van der Waals surface area contributed by atoms with Gasteiger partial charge in [0.05, 0.1) is 33.0 Å². The maximum Gasteiger partial charge on any atom is 0.492 e. The van der Waals surface area contributed by atoms with Crippen LogP contribution in [0.1, 0.15) is 0 Å². The number of likely N-dealkylation sites (N-methyl/N-ethyl adjacent to an activating group) is 1. The molecule has 0 heterocycles. The third-order valence-electron chi connectivity index (χ3n) is 1.80. The van der Waals surface area contributed by atoms with Gasteiger partial charge in [-0.25, -0.2) is 4.79 Å². The van der Waals surface area contributed by atoms with Crippen molar-refractivity contribution >= 4 is 5.97 Å². The van der Waals surface area contributed by atoms with E-state index in [0.29, 0.717) is 19.8 Å². The summed E-state index contributed by atoms with van der Waals surface area (Å²) in [5.74, 6) is -2.28. The first kappa shape index (κ1) is 18.1. The zero-order valence-corrected chi connectivity index (χ0v) is 11.0. The average molecular weight is 288 g/mol. The van der Waals surface area contributed by atoms with Crippen molar-refractivity contribution in [3.8, 4) is 0 Å². The van der Waals surface area contributed by atoms with E-state index in [-0.39, 0.29) is 13.2 Å². The Morgan fingerprint density at radius 3 is 2.21 bits per heavy atom. The Balaban J connectivity index is 3.22. The molecule has 0 aliphatic rings. The minimum Gasteiger partial charge on any atom is -0.378 e. The molecule has 0 bridgehead atoms. The second kappa shape index (κ2) is 9.96. The lowest BCUT2D eigenvalue weighted by molar-refractivity contribution is -0.207. The Labute approximate surface area is 109 Å². The molecular formula is C10H19F3N2O4. The number of hydrogen-bond donors (Lipinski definition) is 1. The van der Waals surface area contributed by atoms with Crippen molar-refractivity contribution in [1.82, 2.24) is 10.4 Å². The molecule has 0 saturated carbocycles. The summed E-state index contributed by atoms with van der Waals surface area (Å²) in [7, 11) is 3.85. The summed E-state index contributed by atoms with van der Waals surface area (Å²) in [6.45, 7) is 2.19. The molecule has 1 N–H and O–H groups in total. The zero-order chi connectivity index (χ0) is 14.7. The molecule has 0 radical (unpaired) electrons. The third-order valence-corrected chi connectivity index (χ3v) is 1.80. The van der Waals surface area contributed by atoms with Crippen LogP contribution in [0.5, 0.6) is 0 Å². The number of nitrogens with zero attached hydrogens (tertiary/aromatic N) is 1. The van der Waals surface area contributed by atoms with Gasteiger partial charge in [0.2, 0.25) is 0 Å². The van der Waals surface area contributed by atoms with Crippen molar-refractivity contribution in [3.05, 3.63) is 0 Å². The van der Waals surface area contributed by atoms with E-state index < -0.39 is 12.1 Å². The molecule has 0 spiro atoms. The first-order valence-electron chi connectivity index (χ1n) is 5.65. The molecular weight excluding hydrogens is 269 g/mol. The van der Waals surface area contributed by atoms with Gasteiger partial charge in [-0.05, 0) is 14.1 Å². The Hall–Kier alpha value is -0.900. The second-order valence-corrected chi connectivity index (χ2v) is 3.81. The first-order chi connectivity index (χ1) is 8.84. The number of rotatable bonds is 10. The van der Waals surface area contributed by atoms with Crippen LogP contribution < -0.4 is 5.48 Å². The number of nitrogens with one attached hydrogen (secondary N) is 1. The largest absolute Gasteiger partial charge is 0.492 e. The molecule has 0 aromatic heterocycles. The van der Waals surface area contributed by atoms with Gasteiger partial charge in [0.25, 0.3) is 0 Å². The summed E-state index contributed by atoms with van der Waals surface area (Å²) >= 11 is 0. The molecule has 0 amide bonds. The zero-order valence-electron chi connectivity index (χ0n) is 11.0. The molecule has 0 unspecified atom stereocenters. The highest BCUT2D eigenvalue weighted by atomic mass is 19.4. The molecule has 0 fully saturated rings. The van der Waals surface area contributed by atoms with Crippen LogP contribution in [0.15, 0.2) is 0 Å². The van der Waals surface area contributed by atoms with Gasteiger partial charge in [0, 0.05) is 6.54 Å². The molecule has 9 heteroatoms. The SMILES string of the molecule is CN(C)CCOCCOCCNOC(=O)C(F)(F)F. The van der Waals surface area contributed by atoms with Gasteiger partial charge in [-0.2, -0.15) is 18.7 Å². The number of halogens is 3. The Bertz CT molecular complexity index is 249. The van der Waals surface area contributed by atoms with Crippen molar-refractivity contribution in [1.29, 1.82) is 0 Å². The van der Waals surface area contributed by atoms with Crippen molar-refractivity contribution in [3.63, 3.8) is 0 Å². The molecule has 0 aromatic rings. The molecule has 0 atom stereocenters. The van der Waals surface area contributed by atoms with Crippen LogP contribution in [0.4, 0.5) is 13.2 Å². The van der Waals surface area contributed by atoms with Gasteiger partial charge in [-0.3, -0.25) is 0 Å². The highest BCUT2D eigenvalue weighted by molar-refractivity contribution is 5.75. The highest BCUT2D eigenvalue weighted by Gasteiger charge is 2.41. The minimum absolute atomic E-state index is 0.0283. The van der Waals surface area contributed by atoms with Crippen LogP contribution in [0.3, 0.4) is 0 Å². The quantitative estimate of drug-likeness (QED) is 0.457. The van der Waals surface area contributed by atoms with E-state index in [9.17, 15) is 18.0 Å². The van der Waals surface area contributed by atoms with E-state index in [1.165, 1.54) is 0 Å². The van der Waals surface area contributed by atoms with Crippen molar-refractivity contribution in [2.75, 3.05) is 53.6 Å². The lowest BCUT2D eigenvalue weighted by Gasteiger charge is -2.10. The van der Waals surface area contributed by atoms with Crippen LogP contribution in [0.2, 0.25) is 0 Å². The molecule has 0 saturated heterocycles. The summed E-state index contributed by atoms with van der Waals surface area (Å²) in [5, 5.41) is 0. The van der Waals surface area contributed by atoms with E-state index in [0.717, 1.165) is 6.54 Å². The summed E-state index contributed by atoms with van der Waals surface area (Å²) < 4.78 is 45.3. The lowest BCUT2D eigenvalue weighted by Crippen LogP contribution is -2.33. The number of alkyl halides is 3. The lowest BCUT2D eigenvalue weighted by atomic mass is 10.6. The normalized spacial score (nSPS) is 11.9. The van der Waals surface area contributed by atoms with Crippen molar-refractivity contribution < 1.29 is 32.3 Å². The molecule has 0 rings (SSSR count). The molecule has 114 valence electrons. The van der Waals surface area contributed by atoms with E-state index >= 15 is 0 Å². The van der Waals surface area contributed by atoms with Gasteiger partial charge in [-0.1, -0.05) is 0 Å². The Kier molecular flexibility index (Phi) is 9.48. The van der Waals surface area contributed by atoms with Crippen LogP contribution in [0.25, 0.3) is 0 Å². The van der Waals surface area contributed by atoms with Crippen LogP contribution in [0, 0.1) is 0 Å². The number of ether oxygens (including phenoxy) is 2. The fraction of sp³-hybridized carbons (Fsp3) is 0.900. The third kappa shape index (κ3) is 11.9. The highest BCUT2D eigenvalue weighted by Crippen LogP contribution is 2.15. The van der Waals surface area contributed by atoms with E-state index in [2.05, 4.69) is 4.84 Å². The fourth-order valence-corrected chi connectivity index (χ4v) is 0.857. The number of carbonyl (C=O) groups is 1. The molecule has 0 aromatic carbocycles. The monoisotopic (exact) mass is 288 g/mol. The average Bonchev–Trinajstić information content (AvgIpc) is 2.29. The summed E-state index contributed by atoms with van der Waals surface area (Å²) in [4.78, 5) is 16.0. The maximum atomic E-state index is 11.7. The van der Waals surface area contributed by atoms with E-state index in [1.807, 2.05) is 24.5 Å². The predicted octanol–water partition coefficient (Wildman–Crippen LogP) is 0.191. The topological polar surface area (TPSA) is 60.0 Å². The van der Waals surface area contributed by atoms with E-state index in [1.54, 1.807) is 0 Å². The van der Waals surface area contributed by atoms with Gasteiger partial charge in [0.15, 0.2) is 0 Å². The first-order valence-corrected chi connectivity index (χ1v) is 5.65. The Morgan fingerprint density at radius 1 is 1.11 bits per heavy atom. The molecule has 0 aliphatic heterocycles. The minimum atomic E-state index is -4.99. The van der Waals surface area contributed by atoms with Gasteiger partial charge in [-0.15, -0.1) is 0 Å². The van der Waals surface area contributed by atoms with Gasteiger partial charge in [0.1, 0.15) is 0 Å². The molecule has 6 nitrogen and oxygen atoms in total. The Morgan fingerprint density at radius 2 is 1.68 bits per heavy atom. The molecule has 0 aliphatic carbocycles. The number of hydroxylamine groups is 1. The fourth-order valence-electron chi connectivity index (χ4n) is 0.857. The summed E-state index contributed by atoms with van der Waals surface area (Å²) in [5.41, 5.74) is 1.87. The van der Waals surface area contributed by atoms with E-state index in [4.69, 9.17) is 9.47 Å². The van der Waals surface area contributed by atoms with Crippen molar-refractivity contribution in [2.24, 2.45) is 0 Å². The van der Waals surface area contributed by atoms with Crippen LogP contribution in [-0.4, -0.2) is 70.7 Å².